The van der Waals surface area contributed by atoms with Gasteiger partial charge in [-0.25, -0.2) is 26.3 Å². The van der Waals surface area contributed by atoms with Crippen molar-refractivity contribution >= 4 is 10.0 Å². The summed E-state index contributed by atoms with van der Waals surface area (Å²) in [7, 11) is -4.08. The molecule has 0 aromatic heterocycles. The molecular weight excluding hydrogens is 295 g/mol. The minimum absolute atomic E-state index is 0.0182. The summed E-state index contributed by atoms with van der Waals surface area (Å²) in [5.74, 6) is -4.23. The van der Waals surface area contributed by atoms with Crippen molar-refractivity contribution < 1.29 is 26.3 Å². The highest BCUT2D eigenvalue weighted by Gasteiger charge is 2.22. The molecule has 20 heavy (non-hydrogen) atoms. The fraction of sp³-hybridized carbons (Fsp3) is 0.500. The maximum absolute atomic E-state index is 13.0. The Morgan fingerprint density at radius 1 is 1.20 bits per heavy atom. The zero-order valence-electron chi connectivity index (χ0n) is 10.5. The molecule has 2 rings (SSSR count). The van der Waals surface area contributed by atoms with Crippen molar-refractivity contribution in [2.75, 3.05) is 19.8 Å². The second-order valence-corrected chi connectivity index (χ2v) is 6.38. The van der Waals surface area contributed by atoms with E-state index in [1.165, 1.54) is 0 Å². The molecule has 1 fully saturated rings. The number of hydrogen-bond acceptors (Lipinski definition) is 3. The van der Waals surface area contributed by atoms with Crippen molar-refractivity contribution in [1.82, 2.24) is 4.72 Å². The Hall–Kier alpha value is -1.12. The van der Waals surface area contributed by atoms with Crippen molar-refractivity contribution in [3.63, 3.8) is 0 Å². The van der Waals surface area contributed by atoms with Crippen molar-refractivity contribution in [1.29, 1.82) is 0 Å². The Morgan fingerprint density at radius 2 is 1.80 bits per heavy atom. The van der Waals surface area contributed by atoms with Crippen molar-refractivity contribution in [2.45, 2.75) is 17.7 Å². The maximum Gasteiger partial charge on any atom is 0.240 e. The van der Waals surface area contributed by atoms with Crippen LogP contribution in [0.2, 0.25) is 0 Å². The lowest BCUT2D eigenvalue weighted by molar-refractivity contribution is 0.129. The summed E-state index contributed by atoms with van der Waals surface area (Å²) in [5, 5.41) is 0. The molecular formula is C12H14F3NO3S. The smallest absolute Gasteiger partial charge is 0.240 e. The molecule has 0 saturated heterocycles. The van der Waals surface area contributed by atoms with Crippen molar-refractivity contribution in [2.24, 2.45) is 5.92 Å². The van der Waals surface area contributed by atoms with Crippen LogP contribution in [0.4, 0.5) is 13.2 Å². The molecule has 0 heterocycles. The van der Waals surface area contributed by atoms with Gasteiger partial charge in [0.1, 0.15) is 0 Å². The van der Waals surface area contributed by atoms with Crippen LogP contribution in [0.15, 0.2) is 17.0 Å². The SMILES string of the molecule is O=S(=O)(NCCOCC1CC1)c1cc(F)c(F)c(F)c1. The van der Waals surface area contributed by atoms with E-state index in [0.717, 1.165) is 12.8 Å². The van der Waals surface area contributed by atoms with Gasteiger partial charge in [0.25, 0.3) is 0 Å². The Morgan fingerprint density at radius 3 is 2.35 bits per heavy atom. The number of halogens is 3. The third-order valence-electron chi connectivity index (χ3n) is 2.86. The number of rotatable bonds is 7. The first-order valence-corrected chi connectivity index (χ1v) is 7.60. The van der Waals surface area contributed by atoms with Gasteiger partial charge in [0.2, 0.25) is 10.0 Å². The van der Waals surface area contributed by atoms with E-state index in [-0.39, 0.29) is 13.2 Å². The predicted octanol–water partition coefficient (Wildman–Crippen LogP) is 1.81. The van der Waals surface area contributed by atoms with Crippen LogP contribution in [-0.2, 0) is 14.8 Å². The molecule has 4 nitrogen and oxygen atoms in total. The van der Waals surface area contributed by atoms with E-state index in [1.54, 1.807) is 0 Å². The number of benzene rings is 1. The van der Waals surface area contributed by atoms with Gasteiger partial charge >= 0.3 is 0 Å². The fourth-order valence-electron chi connectivity index (χ4n) is 1.55. The van der Waals surface area contributed by atoms with Crippen LogP contribution in [0, 0.1) is 23.4 Å². The average molecular weight is 309 g/mol. The minimum Gasteiger partial charge on any atom is -0.380 e. The monoisotopic (exact) mass is 309 g/mol. The van der Waals surface area contributed by atoms with E-state index in [1.807, 2.05) is 0 Å². The molecule has 0 radical (unpaired) electrons. The summed E-state index contributed by atoms with van der Waals surface area (Å²) in [4.78, 5) is -0.656. The van der Waals surface area contributed by atoms with Gasteiger partial charge in [0, 0.05) is 13.2 Å². The maximum atomic E-state index is 13.0. The lowest BCUT2D eigenvalue weighted by atomic mass is 10.3. The van der Waals surface area contributed by atoms with Crippen LogP contribution < -0.4 is 4.72 Å². The van der Waals surface area contributed by atoms with Crippen molar-refractivity contribution in [3.05, 3.63) is 29.6 Å². The molecule has 8 heteroatoms. The average Bonchev–Trinajstić information content (AvgIpc) is 3.19. The summed E-state index contributed by atoms with van der Waals surface area (Å²) in [6.45, 7) is 0.735. The number of sulfonamides is 1. The van der Waals surface area contributed by atoms with E-state index >= 15 is 0 Å². The van der Waals surface area contributed by atoms with Gasteiger partial charge in [-0.3, -0.25) is 0 Å². The quantitative estimate of drug-likeness (QED) is 0.617. The molecule has 0 aliphatic heterocycles. The Kier molecular flexibility index (Phi) is 4.66. The van der Waals surface area contributed by atoms with Gasteiger partial charge in [0.05, 0.1) is 11.5 Å². The summed E-state index contributed by atoms with van der Waals surface area (Å²) >= 11 is 0. The standard InChI is InChI=1S/C12H14F3NO3S/c13-10-5-9(6-11(14)12(10)15)20(17,18)16-3-4-19-7-8-1-2-8/h5-6,8,16H,1-4,7H2. The first-order valence-electron chi connectivity index (χ1n) is 6.12. The van der Waals surface area contributed by atoms with Crippen molar-refractivity contribution in [3.8, 4) is 0 Å². The molecule has 0 amide bonds. The van der Waals surface area contributed by atoms with E-state index in [2.05, 4.69) is 4.72 Å². The molecule has 1 aromatic rings. The van der Waals surface area contributed by atoms with Gasteiger partial charge in [-0.2, -0.15) is 0 Å². The van der Waals surface area contributed by atoms with Crippen LogP contribution in [-0.4, -0.2) is 28.2 Å². The lowest BCUT2D eigenvalue weighted by Gasteiger charge is -2.08. The second kappa shape index (κ2) is 6.11. The second-order valence-electron chi connectivity index (χ2n) is 4.62. The molecule has 1 aliphatic rings. The molecule has 0 unspecified atom stereocenters. The minimum atomic E-state index is -4.08. The highest BCUT2D eigenvalue weighted by Crippen LogP contribution is 2.28. The summed E-state index contributed by atoms with van der Waals surface area (Å²) in [5.41, 5.74) is 0. The zero-order chi connectivity index (χ0) is 14.8. The molecule has 0 atom stereocenters. The van der Waals surface area contributed by atoms with Gasteiger partial charge in [-0.1, -0.05) is 0 Å². The highest BCUT2D eigenvalue weighted by molar-refractivity contribution is 7.89. The predicted molar refractivity (Wildman–Crippen MR) is 65.0 cm³/mol. The summed E-state index contributed by atoms with van der Waals surface area (Å²) < 4.78 is 69.5. The van der Waals surface area contributed by atoms with Crippen LogP contribution in [0.5, 0.6) is 0 Å². The first-order chi connectivity index (χ1) is 9.40. The molecule has 1 saturated carbocycles. The van der Waals surface area contributed by atoms with Crippen LogP contribution in [0.25, 0.3) is 0 Å². The lowest BCUT2D eigenvalue weighted by Crippen LogP contribution is -2.28. The number of nitrogens with one attached hydrogen (secondary N) is 1. The third-order valence-corrected chi connectivity index (χ3v) is 4.30. The molecule has 1 N–H and O–H groups in total. The molecule has 112 valence electrons. The molecule has 0 spiro atoms. The first kappa shape index (κ1) is 15.3. The number of hydrogen-bond donors (Lipinski definition) is 1. The van der Waals surface area contributed by atoms with Gasteiger partial charge in [0.15, 0.2) is 17.5 Å². The normalized spacial score (nSPS) is 15.6. The number of ether oxygens (including phenoxy) is 1. The Balaban J connectivity index is 1.91. The molecule has 1 aromatic carbocycles. The van der Waals surface area contributed by atoms with Gasteiger partial charge in [-0.05, 0) is 30.9 Å². The van der Waals surface area contributed by atoms with Gasteiger partial charge < -0.3 is 4.74 Å². The van der Waals surface area contributed by atoms with E-state index in [4.69, 9.17) is 4.74 Å². The molecule has 1 aliphatic carbocycles. The molecule has 0 bridgehead atoms. The van der Waals surface area contributed by atoms with E-state index < -0.39 is 32.4 Å². The topological polar surface area (TPSA) is 55.4 Å². The van der Waals surface area contributed by atoms with Crippen LogP contribution >= 0.6 is 0 Å². The van der Waals surface area contributed by atoms with E-state index in [9.17, 15) is 21.6 Å². The van der Waals surface area contributed by atoms with Gasteiger partial charge in [-0.15, -0.1) is 0 Å². The summed E-state index contributed by atoms with van der Waals surface area (Å²) in [6.07, 6.45) is 2.25. The zero-order valence-corrected chi connectivity index (χ0v) is 11.4. The summed E-state index contributed by atoms with van der Waals surface area (Å²) in [6, 6.07) is 0.873. The third kappa shape index (κ3) is 3.94. The highest BCUT2D eigenvalue weighted by atomic mass is 32.2. The van der Waals surface area contributed by atoms with Crippen LogP contribution in [0.3, 0.4) is 0 Å². The Labute approximate surface area is 115 Å². The fourth-order valence-corrected chi connectivity index (χ4v) is 2.59. The Bertz CT molecular complexity index is 565. The largest absolute Gasteiger partial charge is 0.380 e. The van der Waals surface area contributed by atoms with Crippen LogP contribution in [0.1, 0.15) is 12.8 Å². The van der Waals surface area contributed by atoms with E-state index in [0.29, 0.717) is 24.7 Å².